The van der Waals surface area contributed by atoms with Crippen LogP contribution in [0.1, 0.15) is 18.2 Å². The molecular formula is C12H13NOS. The second kappa shape index (κ2) is 4.45. The predicted octanol–water partition coefficient (Wildman–Crippen LogP) is 3.44. The number of hydrogen-bond acceptors (Lipinski definition) is 3. The summed E-state index contributed by atoms with van der Waals surface area (Å²) in [7, 11) is 0. The molecule has 1 aromatic carbocycles. The van der Waals surface area contributed by atoms with Gasteiger partial charge in [-0.05, 0) is 25.0 Å². The van der Waals surface area contributed by atoms with Gasteiger partial charge < -0.3 is 4.42 Å². The summed E-state index contributed by atoms with van der Waals surface area (Å²) in [4.78, 5) is 5.20. The average Bonchev–Trinajstić information content (AvgIpc) is 2.65. The smallest absolute Gasteiger partial charge is 0.278 e. The fourth-order valence-corrected chi connectivity index (χ4v) is 2.03. The largest absolute Gasteiger partial charge is 0.435 e. The summed E-state index contributed by atoms with van der Waals surface area (Å²) in [6.07, 6.45) is 0.990. The van der Waals surface area contributed by atoms with Gasteiger partial charge in [0.25, 0.3) is 4.87 Å². The first-order chi connectivity index (χ1) is 7.29. The van der Waals surface area contributed by atoms with E-state index < -0.39 is 0 Å². The highest BCUT2D eigenvalue weighted by atomic mass is 32.1. The second-order valence-electron chi connectivity index (χ2n) is 3.31. The van der Waals surface area contributed by atoms with Crippen molar-refractivity contribution in [1.82, 2.24) is 0 Å². The Morgan fingerprint density at radius 1 is 1.33 bits per heavy atom. The zero-order chi connectivity index (χ0) is 10.7. The van der Waals surface area contributed by atoms with Crippen molar-refractivity contribution in [2.75, 3.05) is 0 Å². The van der Waals surface area contributed by atoms with Gasteiger partial charge in [0.2, 0.25) is 0 Å². The van der Waals surface area contributed by atoms with Gasteiger partial charge in [0.05, 0.1) is 5.69 Å². The highest BCUT2D eigenvalue weighted by Gasteiger charge is 1.98. The molecule has 0 saturated heterocycles. The fraction of sp³-hybridized carbons (Fsp3) is 0.250. The van der Waals surface area contributed by atoms with Crippen LogP contribution in [0, 0.1) is 6.92 Å². The van der Waals surface area contributed by atoms with Crippen LogP contribution in [0.4, 0.5) is 5.69 Å². The molecule has 2 aromatic rings. The standard InChI is InChI=1S/C12H13NOS/c1-3-10-6-4-5-7-11(10)13-12-14-9(2)8-15-12/h4-8H,3H2,1-2H3. The summed E-state index contributed by atoms with van der Waals surface area (Å²) in [6, 6.07) is 8.15. The van der Waals surface area contributed by atoms with Crippen molar-refractivity contribution in [3.05, 3.63) is 45.8 Å². The Kier molecular flexibility index (Phi) is 3.02. The van der Waals surface area contributed by atoms with E-state index >= 15 is 0 Å². The van der Waals surface area contributed by atoms with Crippen LogP contribution in [0.3, 0.4) is 0 Å². The number of rotatable bonds is 2. The summed E-state index contributed by atoms with van der Waals surface area (Å²) in [5, 5.41) is 1.97. The van der Waals surface area contributed by atoms with Gasteiger partial charge in [-0.25, -0.2) is 4.99 Å². The monoisotopic (exact) mass is 219 g/mol. The molecule has 2 rings (SSSR count). The summed E-state index contributed by atoms with van der Waals surface area (Å²) in [5.41, 5.74) is 2.25. The zero-order valence-corrected chi connectivity index (χ0v) is 9.67. The third-order valence-corrected chi connectivity index (χ3v) is 2.98. The van der Waals surface area contributed by atoms with Crippen LogP contribution in [0.2, 0.25) is 0 Å². The van der Waals surface area contributed by atoms with E-state index in [1.165, 1.54) is 16.9 Å². The molecule has 0 fully saturated rings. The minimum atomic E-state index is 0.716. The molecule has 0 atom stereocenters. The van der Waals surface area contributed by atoms with Gasteiger partial charge in [-0.3, -0.25) is 0 Å². The normalized spacial score (nSPS) is 12.0. The van der Waals surface area contributed by atoms with E-state index in [9.17, 15) is 0 Å². The Morgan fingerprint density at radius 3 is 2.80 bits per heavy atom. The second-order valence-corrected chi connectivity index (χ2v) is 4.13. The number of hydrogen-bond donors (Lipinski definition) is 0. The number of aryl methyl sites for hydroxylation is 2. The Balaban J connectivity index is 2.47. The Labute approximate surface area is 92.9 Å². The van der Waals surface area contributed by atoms with Gasteiger partial charge >= 0.3 is 0 Å². The van der Waals surface area contributed by atoms with Crippen molar-refractivity contribution in [2.45, 2.75) is 20.3 Å². The van der Waals surface area contributed by atoms with Gasteiger partial charge in [-0.15, -0.1) is 0 Å². The van der Waals surface area contributed by atoms with E-state index in [-0.39, 0.29) is 0 Å². The molecule has 1 heterocycles. The number of nitrogens with zero attached hydrogens (tertiary/aromatic N) is 1. The van der Waals surface area contributed by atoms with Crippen LogP contribution < -0.4 is 4.87 Å². The van der Waals surface area contributed by atoms with Crippen molar-refractivity contribution in [3.8, 4) is 0 Å². The summed E-state index contributed by atoms with van der Waals surface area (Å²) in [5.74, 6) is 0.910. The molecule has 0 spiro atoms. The van der Waals surface area contributed by atoms with Crippen molar-refractivity contribution in [1.29, 1.82) is 0 Å². The van der Waals surface area contributed by atoms with E-state index in [0.29, 0.717) is 4.87 Å². The molecule has 0 N–H and O–H groups in total. The van der Waals surface area contributed by atoms with E-state index in [1.54, 1.807) is 0 Å². The van der Waals surface area contributed by atoms with E-state index in [4.69, 9.17) is 4.42 Å². The molecule has 0 aliphatic carbocycles. The minimum absolute atomic E-state index is 0.716. The third kappa shape index (κ3) is 2.36. The molecule has 1 aromatic heterocycles. The molecular weight excluding hydrogens is 206 g/mol. The van der Waals surface area contributed by atoms with Crippen molar-refractivity contribution < 1.29 is 4.42 Å². The molecule has 2 nitrogen and oxygen atoms in total. The molecule has 0 aliphatic rings. The maximum Gasteiger partial charge on any atom is 0.278 e. The molecule has 0 saturated carbocycles. The summed E-state index contributed by atoms with van der Waals surface area (Å²) < 4.78 is 5.44. The summed E-state index contributed by atoms with van der Waals surface area (Å²) in [6.45, 7) is 4.06. The lowest BCUT2D eigenvalue weighted by Crippen LogP contribution is -1.90. The lowest BCUT2D eigenvalue weighted by Gasteiger charge is -1.99. The van der Waals surface area contributed by atoms with Gasteiger partial charge in [-0.1, -0.05) is 36.5 Å². The minimum Gasteiger partial charge on any atom is -0.435 e. The first-order valence-corrected chi connectivity index (χ1v) is 5.85. The highest BCUT2D eigenvalue weighted by molar-refractivity contribution is 7.06. The van der Waals surface area contributed by atoms with Crippen molar-refractivity contribution >= 4 is 17.0 Å². The molecule has 0 amide bonds. The van der Waals surface area contributed by atoms with Crippen LogP contribution in [-0.2, 0) is 6.42 Å². The lowest BCUT2D eigenvalue weighted by atomic mass is 10.1. The predicted molar refractivity (Wildman–Crippen MR) is 62.4 cm³/mol. The molecule has 0 aliphatic heterocycles. The SMILES string of the molecule is CCc1ccccc1N=c1oc(C)cs1. The van der Waals surface area contributed by atoms with Gasteiger partial charge in [-0.2, -0.15) is 0 Å². The molecule has 0 radical (unpaired) electrons. The molecule has 3 heteroatoms. The molecule has 0 bridgehead atoms. The third-order valence-electron chi connectivity index (χ3n) is 2.16. The molecule has 0 unspecified atom stereocenters. The van der Waals surface area contributed by atoms with E-state index in [0.717, 1.165) is 17.9 Å². The topological polar surface area (TPSA) is 25.5 Å². The number of para-hydroxylation sites is 1. The molecule has 78 valence electrons. The highest BCUT2D eigenvalue weighted by Crippen LogP contribution is 2.18. The van der Waals surface area contributed by atoms with Crippen LogP contribution in [0.15, 0.2) is 39.1 Å². The van der Waals surface area contributed by atoms with Crippen LogP contribution in [0.5, 0.6) is 0 Å². The van der Waals surface area contributed by atoms with Gasteiger partial charge in [0.1, 0.15) is 5.76 Å². The quantitative estimate of drug-likeness (QED) is 0.759. The van der Waals surface area contributed by atoms with E-state index in [1.807, 2.05) is 30.5 Å². The van der Waals surface area contributed by atoms with Crippen molar-refractivity contribution in [2.24, 2.45) is 4.99 Å². The summed E-state index contributed by atoms with van der Waals surface area (Å²) >= 11 is 1.53. The van der Waals surface area contributed by atoms with Gasteiger partial charge in [0.15, 0.2) is 0 Å². The number of benzene rings is 1. The van der Waals surface area contributed by atoms with Crippen LogP contribution in [0.25, 0.3) is 0 Å². The van der Waals surface area contributed by atoms with Crippen molar-refractivity contribution in [3.63, 3.8) is 0 Å². The molecule has 15 heavy (non-hydrogen) atoms. The maximum absolute atomic E-state index is 5.44. The van der Waals surface area contributed by atoms with E-state index in [2.05, 4.69) is 18.0 Å². The lowest BCUT2D eigenvalue weighted by molar-refractivity contribution is 0.494. The maximum atomic E-state index is 5.44. The first kappa shape index (κ1) is 10.2. The fourth-order valence-electron chi connectivity index (χ4n) is 1.39. The van der Waals surface area contributed by atoms with Gasteiger partial charge in [0, 0.05) is 5.38 Å². The Hall–Kier alpha value is -1.35. The Morgan fingerprint density at radius 2 is 2.13 bits per heavy atom. The van der Waals surface area contributed by atoms with Crippen LogP contribution >= 0.6 is 11.3 Å². The zero-order valence-electron chi connectivity index (χ0n) is 8.86. The Bertz CT molecular complexity index is 510. The average molecular weight is 219 g/mol. The first-order valence-electron chi connectivity index (χ1n) is 4.97. The van der Waals surface area contributed by atoms with Crippen LogP contribution in [-0.4, -0.2) is 0 Å².